The maximum atomic E-state index is 12.5. The largest absolute Gasteiger partial charge is 0.324 e. The van der Waals surface area contributed by atoms with Crippen LogP contribution in [0.4, 0.5) is 11.4 Å². The molecule has 0 unspecified atom stereocenters. The zero-order valence-corrected chi connectivity index (χ0v) is 16.3. The van der Waals surface area contributed by atoms with Gasteiger partial charge in [-0.3, -0.25) is 9.10 Å². The van der Waals surface area contributed by atoms with Gasteiger partial charge in [0, 0.05) is 5.69 Å². The van der Waals surface area contributed by atoms with Gasteiger partial charge in [-0.2, -0.15) is 0 Å². The molecule has 8 heteroatoms. The summed E-state index contributed by atoms with van der Waals surface area (Å²) in [7, 11) is -3.74. The predicted molar refractivity (Wildman–Crippen MR) is 103 cm³/mol. The smallest absolute Gasteiger partial charge is 0.245 e. The Balaban J connectivity index is 2.32. The second-order valence-corrected chi connectivity index (χ2v) is 8.35. The van der Waals surface area contributed by atoms with Gasteiger partial charge in [0.05, 0.1) is 22.0 Å². The third-order valence-corrected chi connectivity index (χ3v) is 5.57. The van der Waals surface area contributed by atoms with Crippen molar-refractivity contribution in [1.29, 1.82) is 0 Å². The number of benzene rings is 2. The van der Waals surface area contributed by atoms with Crippen molar-refractivity contribution in [2.45, 2.75) is 13.8 Å². The first kappa shape index (κ1) is 19.6. The third kappa shape index (κ3) is 4.66. The molecule has 0 saturated heterocycles. The van der Waals surface area contributed by atoms with E-state index in [0.717, 1.165) is 21.7 Å². The van der Waals surface area contributed by atoms with E-state index in [0.29, 0.717) is 5.69 Å². The van der Waals surface area contributed by atoms with Crippen LogP contribution in [0.3, 0.4) is 0 Å². The minimum Gasteiger partial charge on any atom is -0.324 e. The van der Waals surface area contributed by atoms with Crippen LogP contribution in [0.2, 0.25) is 10.0 Å². The van der Waals surface area contributed by atoms with E-state index in [1.165, 1.54) is 6.07 Å². The highest BCUT2D eigenvalue weighted by atomic mass is 35.5. The van der Waals surface area contributed by atoms with Crippen LogP contribution in [0.5, 0.6) is 0 Å². The molecule has 1 amide bonds. The third-order valence-electron chi connectivity index (χ3n) is 3.63. The second-order valence-electron chi connectivity index (χ2n) is 5.66. The number of nitrogens with zero attached hydrogens (tertiary/aromatic N) is 1. The summed E-state index contributed by atoms with van der Waals surface area (Å²) >= 11 is 12.1. The van der Waals surface area contributed by atoms with Gasteiger partial charge in [-0.1, -0.05) is 47.5 Å². The van der Waals surface area contributed by atoms with E-state index in [1.807, 2.05) is 32.0 Å². The number of carbonyl (C=O) groups excluding carboxylic acids is 1. The van der Waals surface area contributed by atoms with Crippen molar-refractivity contribution >= 4 is 50.5 Å². The molecule has 2 aromatic carbocycles. The Labute approximate surface area is 157 Å². The first-order valence-electron chi connectivity index (χ1n) is 7.39. The first-order chi connectivity index (χ1) is 11.6. The van der Waals surface area contributed by atoms with Crippen molar-refractivity contribution in [2.75, 3.05) is 22.4 Å². The molecule has 1 N–H and O–H groups in total. The summed E-state index contributed by atoms with van der Waals surface area (Å²) in [4.78, 5) is 12.5. The monoisotopic (exact) mass is 400 g/mol. The predicted octanol–water partition coefficient (Wildman–Crippen LogP) is 4.01. The summed E-state index contributed by atoms with van der Waals surface area (Å²) in [6.07, 6.45) is 1.01. The average Bonchev–Trinajstić information content (AvgIpc) is 2.51. The quantitative estimate of drug-likeness (QED) is 0.823. The number of rotatable bonds is 5. The summed E-state index contributed by atoms with van der Waals surface area (Å²) in [6, 6.07) is 10.2. The Morgan fingerprint density at radius 2 is 1.64 bits per heavy atom. The van der Waals surface area contributed by atoms with Crippen molar-refractivity contribution in [2.24, 2.45) is 0 Å². The van der Waals surface area contributed by atoms with Crippen LogP contribution >= 0.6 is 23.2 Å². The molecule has 0 saturated carbocycles. The number of halogens is 2. The molecule has 0 spiro atoms. The molecule has 134 valence electrons. The highest BCUT2D eigenvalue weighted by Crippen LogP contribution is 2.33. The fourth-order valence-electron chi connectivity index (χ4n) is 2.39. The molecule has 0 fully saturated rings. The second kappa shape index (κ2) is 7.64. The van der Waals surface area contributed by atoms with Crippen molar-refractivity contribution in [3.63, 3.8) is 0 Å². The molecular formula is C17H18Cl2N2O3S. The molecule has 2 rings (SSSR count). The summed E-state index contributed by atoms with van der Waals surface area (Å²) in [5.74, 6) is -0.473. The number of hydrogen-bond donors (Lipinski definition) is 1. The van der Waals surface area contributed by atoms with Gasteiger partial charge < -0.3 is 5.32 Å². The molecule has 0 aliphatic carbocycles. The van der Waals surface area contributed by atoms with Crippen LogP contribution in [0.25, 0.3) is 0 Å². The number of anilines is 2. The first-order valence-corrected chi connectivity index (χ1v) is 9.99. The molecule has 0 bridgehead atoms. The number of sulfonamides is 1. The lowest BCUT2D eigenvalue weighted by molar-refractivity contribution is -0.114. The molecule has 0 radical (unpaired) electrons. The van der Waals surface area contributed by atoms with Crippen molar-refractivity contribution in [3.8, 4) is 0 Å². The van der Waals surface area contributed by atoms with Gasteiger partial charge in [-0.25, -0.2) is 8.42 Å². The van der Waals surface area contributed by atoms with E-state index >= 15 is 0 Å². The lowest BCUT2D eigenvalue weighted by Crippen LogP contribution is -2.37. The van der Waals surface area contributed by atoms with E-state index in [2.05, 4.69) is 5.32 Å². The van der Waals surface area contributed by atoms with E-state index in [9.17, 15) is 13.2 Å². The van der Waals surface area contributed by atoms with Crippen molar-refractivity contribution in [1.82, 2.24) is 0 Å². The Morgan fingerprint density at radius 1 is 1.08 bits per heavy atom. The van der Waals surface area contributed by atoms with Crippen molar-refractivity contribution in [3.05, 3.63) is 57.6 Å². The van der Waals surface area contributed by atoms with Gasteiger partial charge in [-0.15, -0.1) is 0 Å². The van der Waals surface area contributed by atoms with Crippen LogP contribution in [0.15, 0.2) is 36.4 Å². The SMILES string of the molecule is Cc1cccc(C)c1NC(=O)CN(c1cccc(Cl)c1Cl)S(C)(=O)=O. The number of para-hydroxylation sites is 1. The fourth-order valence-corrected chi connectivity index (χ4v) is 3.70. The minimum absolute atomic E-state index is 0.0782. The summed E-state index contributed by atoms with van der Waals surface area (Å²) < 4.78 is 25.3. The molecule has 0 aliphatic rings. The molecular weight excluding hydrogens is 383 g/mol. The molecule has 0 heterocycles. The molecule has 25 heavy (non-hydrogen) atoms. The highest BCUT2D eigenvalue weighted by Gasteiger charge is 2.24. The van der Waals surface area contributed by atoms with E-state index in [-0.39, 0.29) is 15.7 Å². The fraction of sp³-hybridized carbons (Fsp3) is 0.235. The number of carbonyl (C=O) groups is 1. The van der Waals surface area contributed by atoms with Gasteiger partial charge in [0.2, 0.25) is 15.9 Å². The molecule has 2 aromatic rings. The topological polar surface area (TPSA) is 66.5 Å². The molecule has 0 aliphatic heterocycles. The van der Waals surface area contributed by atoms with Crippen molar-refractivity contribution < 1.29 is 13.2 Å². The molecule has 0 atom stereocenters. The maximum absolute atomic E-state index is 12.5. The Bertz CT molecular complexity index is 894. The number of nitrogens with one attached hydrogen (secondary N) is 1. The lowest BCUT2D eigenvalue weighted by Gasteiger charge is -2.23. The van der Waals surface area contributed by atoms with Gasteiger partial charge in [0.15, 0.2) is 0 Å². The van der Waals surface area contributed by atoms with Gasteiger partial charge in [-0.05, 0) is 37.1 Å². The Kier molecular flexibility index (Phi) is 5.98. The number of hydrogen-bond acceptors (Lipinski definition) is 3. The maximum Gasteiger partial charge on any atom is 0.245 e. The van der Waals surface area contributed by atoms with Crippen LogP contribution in [0.1, 0.15) is 11.1 Å². The summed E-state index contributed by atoms with van der Waals surface area (Å²) in [5, 5.41) is 3.05. The van der Waals surface area contributed by atoms with E-state index in [4.69, 9.17) is 23.2 Å². The Hall–Kier alpha value is -1.76. The number of amides is 1. The zero-order valence-electron chi connectivity index (χ0n) is 14.0. The highest BCUT2D eigenvalue weighted by molar-refractivity contribution is 7.92. The standard InChI is InChI=1S/C17H18Cl2N2O3S/c1-11-6-4-7-12(2)17(11)20-15(22)10-21(25(3,23)24)14-9-5-8-13(18)16(14)19/h4-9H,10H2,1-3H3,(H,20,22). The van der Waals surface area contributed by atoms with Gasteiger partial charge in [0.1, 0.15) is 6.54 Å². The van der Waals surface area contributed by atoms with Crippen LogP contribution in [0, 0.1) is 13.8 Å². The summed E-state index contributed by atoms with van der Waals surface area (Å²) in [5.41, 5.74) is 2.60. The average molecular weight is 401 g/mol. The lowest BCUT2D eigenvalue weighted by atomic mass is 10.1. The van der Waals surface area contributed by atoms with Crippen LogP contribution in [-0.2, 0) is 14.8 Å². The van der Waals surface area contributed by atoms with Gasteiger partial charge in [0.25, 0.3) is 0 Å². The van der Waals surface area contributed by atoms with E-state index in [1.54, 1.807) is 12.1 Å². The Morgan fingerprint density at radius 3 is 2.20 bits per heavy atom. The summed E-state index contributed by atoms with van der Waals surface area (Å²) in [6.45, 7) is 3.32. The molecule has 5 nitrogen and oxygen atoms in total. The molecule has 0 aromatic heterocycles. The number of aryl methyl sites for hydroxylation is 2. The van der Waals surface area contributed by atoms with E-state index < -0.39 is 22.5 Å². The van der Waals surface area contributed by atoms with Crippen LogP contribution in [-0.4, -0.2) is 27.1 Å². The van der Waals surface area contributed by atoms with Crippen LogP contribution < -0.4 is 9.62 Å². The minimum atomic E-state index is -3.74. The normalized spacial score (nSPS) is 11.2. The van der Waals surface area contributed by atoms with Gasteiger partial charge >= 0.3 is 0 Å². The zero-order chi connectivity index (χ0) is 18.8.